The Balaban J connectivity index is 0.000000154. The molecule has 8 aromatic heterocycles. The number of rotatable bonds is 7. The van der Waals surface area contributed by atoms with Crippen LogP contribution in [0.1, 0.15) is 36.8 Å². The van der Waals surface area contributed by atoms with E-state index in [1.165, 1.54) is 0 Å². The number of primary amides is 1. The molecule has 0 saturated carbocycles. The van der Waals surface area contributed by atoms with Gasteiger partial charge in [-0.15, -0.1) is 0 Å². The number of aromatic nitrogens is 12. The van der Waals surface area contributed by atoms with Crippen molar-refractivity contribution in [1.29, 1.82) is 5.26 Å². The summed E-state index contributed by atoms with van der Waals surface area (Å²) >= 11 is 0. The molecule has 4 N–H and O–H groups in total. The van der Waals surface area contributed by atoms with Crippen LogP contribution < -0.4 is 5.73 Å². The van der Waals surface area contributed by atoms with Gasteiger partial charge in [0, 0.05) is 59.4 Å². The molecular formula is C34H28N14O. The lowest BCUT2D eigenvalue weighted by atomic mass is 10.0. The minimum atomic E-state index is -0.378. The summed E-state index contributed by atoms with van der Waals surface area (Å²) in [5.74, 6) is 0.425. The number of amides is 1. The maximum Gasteiger partial charge on any atom is 0.224 e. The van der Waals surface area contributed by atoms with E-state index in [2.05, 4.69) is 56.1 Å². The Kier molecular flexibility index (Phi) is 8.09. The molecule has 0 bridgehead atoms. The highest BCUT2D eigenvalue weighted by Gasteiger charge is 2.14. The van der Waals surface area contributed by atoms with Crippen molar-refractivity contribution in [3.05, 3.63) is 110 Å². The standard InChI is InChI=1S/C17H15N7O.C17H13N7/c1-10(16(18)25)11-2-3-14(20-6-11)24-8-12(7-23-24)13-4-5-19-17-15(13)21-9-22-17;1-11(6-18)12-2-3-15(20-7-12)24-9-13(8-23-24)14-4-5-19-17-16(14)21-10-22-17/h2-10H,1H3,(H2,18,25)(H,19,21,22);2-5,7-11H,1H3,(H,19,21,22). The van der Waals surface area contributed by atoms with Gasteiger partial charge in [0.05, 0.1) is 54.0 Å². The second-order valence-corrected chi connectivity index (χ2v) is 11.1. The van der Waals surface area contributed by atoms with Gasteiger partial charge in [-0.1, -0.05) is 12.1 Å². The van der Waals surface area contributed by atoms with E-state index in [1.54, 1.807) is 66.1 Å². The third-order valence-corrected chi connectivity index (χ3v) is 8.07. The summed E-state index contributed by atoms with van der Waals surface area (Å²) in [5, 5.41) is 17.7. The van der Waals surface area contributed by atoms with Crippen LogP contribution in [-0.2, 0) is 4.79 Å². The highest BCUT2D eigenvalue weighted by atomic mass is 16.1. The molecule has 0 saturated heterocycles. The molecule has 0 aliphatic rings. The molecule has 0 aromatic carbocycles. The first kappa shape index (κ1) is 30.6. The van der Waals surface area contributed by atoms with Crippen LogP contribution in [-0.4, -0.2) is 65.3 Å². The van der Waals surface area contributed by atoms with Crippen LogP contribution in [0, 0.1) is 11.3 Å². The summed E-state index contributed by atoms with van der Waals surface area (Å²) in [6.07, 6.45) is 17.4. The van der Waals surface area contributed by atoms with Gasteiger partial charge in [0.15, 0.2) is 22.9 Å². The number of nitrogens with two attached hydrogens (primary N) is 1. The number of nitrogens with one attached hydrogen (secondary N) is 2. The Morgan fingerprint density at radius 2 is 1.22 bits per heavy atom. The van der Waals surface area contributed by atoms with Crippen molar-refractivity contribution in [2.24, 2.45) is 5.73 Å². The lowest BCUT2D eigenvalue weighted by molar-refractivity contribution is -0.119. The average Bonchev–Trinajstić information content (AvgIpc) is 3.98. The van der Waals surface area contributed by atoms with Gasteiger partial charge in [-0.05, 0) is 49.2 Å². The third kappa shape index (κ3) is 6.09. The quantitative estimate of drug-likeness (QED) is 0.218. The van der Waals surface area contributed by atoms with E-state index in [1.807, 2.05) is 55.7 Å². The number of pyridine rings is 4. The molecule has 240 valence electrons. The Morgan fingerprint density at radius 3 is 1.67 bits per heavy atom. The maximum absolute atomic E-state index is 11.3. The number of nitrogens with zero attached hydrogens (tertiary/aromatic N) is 11. The molecule has 8 aromatic rings. The van der Waals surface area contributed by atoms with Crippen molar-refractivity contribution in [3.8, 4) is 40.0 Å². The maximum atomic E-state index is 11.3. The molecule has 0 aliphatic heterocycles. The van der Waals surface area contributed by atoms with Crippen molar-refractivity contribution >= 4 is 28.2 Å². The van der Waals surface area contributed by atoms with Crippen molar-refractivity contribution in [2.45, 2.75) is 25.7 Å². The van der Waals surface area contributed by atoms with Crippen molar-refractivity contribution in [3.63, 3.8) is 0 Å². The predicted molar refractivity (Wildman–Crippen MR) is 180 cm³/mol. The van der Waals surface area contributed by atoms with Crippen LogP contribution in [0.25, 0.3) is 56.2 Å². The molecule has 0 radical (unpaired) electrons. The fourth-order valence-electron chi connectivity index (χ4n) is 5.17. The molecular weight excluding hydrogens is 620 g/mol. The molecule has 49 heavy (non-hydrogen) atoms. The second-order valence-electron chi connectivity index (χ2n) is 11.1. The molecule has 0 aliphatic carbocycles. The molecule has 15 heteroatoms. The highest BCUT2D eigenvalue weighted by Crippen LogP contribution is 2.27. The monoisotopic (exact) mass is 648 g/mol. The van der Waals surface area contributed by atoms with Crippen LogP contribution in [0.15, 0.2) is 98.6 Å². The molecule has 8 heterocycles. The first-order valence-electron chi connectivity index (χ1n) is 15.2. The van der Waals surface area contributed by atoms with E-state index in [4.69, 9.17) is 11.0 Å². The van der Waals surface area contributed by atoms with Gasteiger partial charge in [-0.2, -0.15) is 15.5 Å². The number of carbonyl (C=O) groups is 1. The van der Waals surface area contributed by atoms with Crippen LogP contribution in [0.3, 0.4) is 0 Å². The fourth-order valence-corrected chi connectivity index (χ4v) is 5.17. The van der Waals surface area contributed by atoms with Gasteiger partial charge < -0.3 is 15.7 Å². The average molecular weight is 649 g/mol. The Morgan fingerprint density at radius 1 is 0.714 bits per heavy atom. The molecule has 2 atom stereocenters. The minimum Gasteiger partial charge on any atom is -0.369 e. The summed E-state index contributed by atoms with van der Waals surface area (Å²) < 4.78 is 3.38. The lowest BCUT2D eigenvalue weighted by Crippen LogP contribution is -2.18. The summed E-state index contributed by atoms with van der Waals surface area (Å²) in [6, 6.07) is 13.4. The van der Waals surface area contributed by atoms with E-state index in [9.17, 15) is 4.79 Å². The number of hydrogen-bond acceptors (Lipinski definition) is 10. The Labute approximate surface area is 278 Å². The summed E-state index contributed by atoms with van der Waals surface area (Å²) in [4.78, 5) is 43.0. The highest BCUT2D eigenvalue weighted by molar-refractivity contribution is 5.89. The van der Waals surface area contributed by atoms with Crippen molar-refractivity contribution < 1.29 is 4.79 Å². The third-order valence-electron chi connectivity index (χ3n) is 8.07. The Hall–Kier alpha value is -7.08. The fraction of sp³-hybridized carbons (Fsp3) is 0.118. The van der Waals surface area contributed by atoms with E-state index < -0.39 is 0 Å². The first-order valence-corrected chi connectivity index (χ1v) is 15.2. The molecule has 2 unspecified atom stereocenters. The van der Waals surface area contributed by atoms with Gasteiger partial charge in [0.25, 0.3) is 0 Å². The SMILES string of the molecule is CC(C#N)c1ccc(-n2cc(-c3ccnc4nc[nH]c34)cn2)nc1.CC(C(N)=O)c1ccc(-n2cc(-c3ccnc4nc[nH]c34)cn2)nc1. The lowest BCUT2D eigenvalue weighted by Gasteiger charge is -2.07. The number of imidazole rings is 2. The largest absolute Gasteiger partial charge is 0.369 e. The first-order chi connectivity index (χ1) is 23.9. The molecule has 15 nitrogen and oxygen atoms in total. The summed E-state index contributed by atoms with van der Waals surface area (Å²) in [6.45, 7) is 3.60. The van der Waals surface area contributed by atoms with Crippen LogP contribution in [0.5, 0.6) is 0 Å². The zero-order valence-electron chi connectivity index (χ0n) is 26.3. The minimum absolute atomic E-state index is 0.176. The molecule has 8 rings (SSSR count). The molecule has 0 fully saturated rings. The van der Waals surface area contributed by atoms with Gasteiger partial charge in [-0.3, -0.25) is 4.79 Å². The normalized spacial score (nSPS) is 12.3. The van der Waals surface area contributed by atoms with Crippen LogP contribution in [0.2, 0.25) is 0 Å². The van der Waals surface area contributed by atoms with Crippen molar-refractivity contribution in [2.75, 3.05) is 0 Å². The van der Waals surface area contributed by atoms with Gasteiger partial charge in [0.1, 0.15) is 0 Å². The summed E-state index contributed by atoms with van der Waals surface area (Å²) in [7, 11) is 0. The number of hydrogen-bond donors (Lipinski definition) is 3. The molecule has 1 amide bonds. The zero-order valence-corrected chi connectivity index (χ0v) is 26.3. The summed E-state index contributed by atoms with van der Waals surface area (Å²) in [5.41, 5.74) is 13.9. The molecule has 0 spiro atoms. The van der Waals surface area contributed by atoms with Crippen LogP contribution >= 0.6 is 0 Å². The van der Waals surface area contributed by atoms with Crippen LogP contribution in [0.4, 0.5) is 0 Å². The number of carbonyl (C=O) groups excluding carboxylic acids is 1. The number of fused-ring (bicyclic) bond motifs is 2. The Bertz CT molecular complexity index is 2430. The zero-order chi connectivity index (χ0) is 33.9. The topological polar surface area (TPSA) is 211 Å². The van der Waals surface area contributed by atoms with Gasteiger partial charge >= 0.3 is 0 Å². The van der Waals surface area contributed by atoms with E-state index in [0.717, 1.165) is 44.4 Å². The number of aromatic amines is 2. The van der Waals surface area contributed by atoms with Crippen molar-refractivity contribution in [1.82, 2.24) is 59.4 Å². The van der Waals surface area contributed by atoms with E-state index >= 15 is 0 Å². The van der Waals surface area contributed by atoms with E-state index in [0.29, 0.717) is 22.9 Å². The van der Waals surface area contributed by atoms with Gasteiger partial charge in [0.2, 0.25) is 5.91 Å². The second kappa shape index (κ2) is 13.0. The van der Waals surface area contributed by atoms with E-state index in [-0.39, 0.29) is 17.7 Å². The number of nitriles is 1. The predicted octanol–water partition coefficient (Wildman–Crippen LogP) is 4.63. The smallest absolute Gasteiger partial charge is 0.224 e. The number of H-pyrrole nitrogens is 2. The van der Waals surface area contributed by atoms with Gasteiger partial charge in [-0.25, -0.2) is 39.3 Å².